The van der Waals surface area contributed by atoms with Crippen LogP contribution in [0.5, 0.6) is 5.75 Å². The molecule has 0 radical (unpaired) electrons. The van der Waals surface area contributed by atoms with Crippen LogP contribution in [0.25, 0.3) is 0 Å². The summed E-state index contributed by atoms with van der Waals surface area (Å²) in [5.74, 6) is 2.24. The Labute approximate surface area is 161 Å². The summed E-state index contributed by atoms with van der Waals surface area (Å²) >= 11 is 0. The van der Waals surface area contributed by atoms with Gasteiger partial charge in [0.25, 0.3) is 0 Å². The molecule has 0 unspecified atom stereocenters. The normalized spacial score (nSPS) is 30.9. The fraction of sp³-hybridized carbons (Fsp3) is 0.571. The second-order valence-electron chi connectivity index (χ2n) is 8.67. The van der Waals surface area contributed by atoms with Crippen LogP contribution in [-0.4, -0.2) is 16.3 Å². The number of aromatic nitrogens is 2. The first-order valence-corrected chi connectivity index (χ1v) is 10.0. The molecular weight excluding hydrogens is 367 g/mol. The summed E-state index contributed by atoms with van der Waals surface area (Å²) in [5.41, 5.74) is 1.63. The van der Waals surface area contributed by atoms with E-state index >= 15 is 0 Å². The van der Waals surface area contributed by atoms with E-state index in [9.17, 15) is 13.2 Å². The lowest BCUT2D eigenvalue weighted by molar-refractivity contribution is -0.142. The Balaban J connectivity index is 1.59. The molecule has 28 heavy (non-hydrogen) atoms. The van der Waals surface area contributed by atoms with Gasteiger partial charge in [0.1, 0.15) is 11.4 Å². The van der Waals surface area contributed by atoms with Gasteiger partial charge in [0, 0.05) is 11.3 Å². The molecule has 3 aliphatic rings. The largest absolute Gasteiger partial charge is 0.491 e. The van der Waals surface area contributed by atoms with E-state index in [1.807, 2.05) is 26.0 Å². The molecule has 2 heterocycles. The number of alkyl halides is 3. The monoisotopic (exact) mass is 391 g/mol. The fourth-order valence-electron chi connectivity index (χ4n) is 5.88. The number of halogens is 3. The number of hydrogen-bond acceptors (Lipinski definition) is 3. The number of rotatable bonds is 3. The molecule has 2 saturated carbocycles. The predicted octanol–water partition coefficient (Wildman–Crippen LogP) is 5.51. The van der Waals surface area contributed by atoms with E-state index < -0.39 is 11.9 Å². The summed E-state index contributed by atoms with van der Waals surface area (Å²) < 4.78 is 46.4. The van der Waals surface area contributed by atoms with Crippen LogP contribution in [0.4, 0.5) is 18.9 Å². The first-order valence-electron chi connectivity index (χ1n) is 10.0. The second kappa shape index (κ2) is 6.16. The van der Waals surface area contributed by atoms with Crippen molar-refractivity contribution in [2.45, 2.75) is 57.3 Å². The molecule has 2 N–H and O–H groups in total. The van der Waals surface area contributed by atoms with Crippen LogP contribution in [0.2, 0.25) is 0 Å². The number of fused-ring (bicyclic) bond motifs is 7. The Kier molecular flexibility index (Phi) is 3.93. The molecule has 5 atom stereocenters. The zero-order valence-electron chi connectivity index (χ0n) is 15.9. The molecule has 1 aliphatic heterocycles. The Bertz CT molecular complexity index is 891. The Morgan fingerprint density at radius 1 is 1.14 bits per heavy atom. The highest BCUT2D eigenvalue weighted by Gasteiger charge is 2.55. The number of hydrogen-bond donors (Lipinski definition) is 2. The number of aromatic amines is 1. The average Bonchev–Trinajstić information content (AvgIpc) is 3.35. The molecule has 5 rings (SSSR count). The highest BCUT2D eigenvalue weighted by atomic mass is 19.4. The highest BCUT2D eigenvalue weighted by Crippen LogP contribution is 2.64. The van der Waals surface area contributed by atoms with Gasteiger partial charge in [0.15, 0.2) is 0 Å². The van der Waals surface area contributed by atoms with Crippen molar-refractivity contribution in [1.29, 1.82) is 0 Å². The summed E-state index contributed by atoms with van der Waals surface area (Å²) in [6, 6.07) is 5.57. The first kappa shape index (κ1) is 17.9. The summed E-state index contributed by atoms with van der Waals surface area (Å²) in [5, 5.41) is 9.36. The van der Waals surface area contributed by atoms with Gasteiger partial charge in [0.05, 0.1) is 18.3 Å². The molecular formula is C21H24F3N3O. The van der Waals surface area contributed by atoms with Gasteiger partial charge in [-0.25, -0.2) is 0 Å². The van der Waals surface area contributed by atoms with E-state index in [0.717, 1.165) is 30.7 Å². The van der Waals surface area contributed by atoms with E-state index in [-0.39, 0.29) is 29.5 Å². The Morgan fingerprint density at radius 2 is 1.93 bits per heavy atom. The van der Waals surface area contributed by atoms with Gasteiger partial charge in [-0.1, -0.05) is 0 Å². The lowest BCUT2D eigenvalue weighted by Crippen LogP contribution is -2.36. The number of ether oxygens (including phenoxy) is 1. The van der Waals surface area contributed by atoms with Crippen LogP contribution in [-0.2, 0) is 6.18 Å². The van der Waals surface area contributed by atoms with Crippen LogP contribution in [0.3, 0.4) is 0 Å². The van der Waals surface area contributed by atoms with Crippen molar-refractivity contribution < 1.29 is 17.9 Å². The van der Waals surface area contributed by atoms with Crippen molar-refractivity contribution in [3.8, 4) is 5.75 Å². The topological polar surface area (TPSA) is 49.9 Å². The van der Waals surface area contributed by atoms with Gasteiger partial charge in [-0.15, -0.1) is 0 Å². The van der Waals surface area contributed by atoms with Crippen molar-refractivity contribution >= 4 is 5.69 Å². The van der Waals surface area contributed by atoms with Gasteiger partial charge in [-0.2, -0.15) is 18.3 Å². The molecule has 150 valence electrons. The maximum atomic E-state index is 13.5. The van der Waals surface area contributed by atoms with E-state index in [2.05, 4.69) is 21.6 Å². The van der Waals surface area contributed by atoms with Crippen molar-refractivity contribution in [3.05, 3.63) is 41.2 Å². The SMILES string of the molecule is CC(C)Oc1ccc2c(c1)[C@H]1[C@@H]3CC[C@@H](C3)[C@H]1[C@H](c1cn[nH]c1C(F)(F)F)N2. The number of H-pyrrole nitrogens is 1. The van der Waals surface area contributed by atoms with E-state index in [4.69, 9.17) is 4.74 Å². The number of benzene rings is 1. The second-order valence-corrected chi connectivity index (χ2v) is 8.67. The average molecular weight is 391 g/mol. The summed E-state index contributed by atoms with van der Waals surface area (Å²) in [4.78, 5) is 0. The van der Waals surface area contributed by atoms with Crippen molar-refractivity contribution in [2.24, 2.45) is 17.8 Å². The molecule has 1 aromatic carbocycles. The van der Waals surface area contributed by atoms with Crippen LogP contribution in [0.1, 0.15) is 61.9 Å². The molecule has 2 aromatic rings. The van der Waals surface area contributed by atoms with E-state index in [1.54, 1.807) is 0 Å². The molecule has 1 aromatic heterocycles. The minimum atomic E-state index is -4.43. The van der Waals surface area contributed by atoms with Crippen molar-refractivity contribution in [1.82, 2.24) is 10.2 Å². The highest BCUT2D eigenvalue weighted by molar-refractivity contribution is 5.61. The summed E-state index contributed by atoms with van der Waals surface area (Å²) in [6.45, 7) is 3.98. The standard InChI is InChI=1S/C21H24F3N3O/c1-10(2)28-13-5-6-16-14(8-13)17-11-3-4-12(7-11)18(17)19(26-16)15-9-25-27-20(15)21(22,23)24/h5-6,8-12,17-19,26H,3-4,7H2,1-2H3,(H,25,27)/t11-,12+,17-,18-,19+/m1/s1. The zero-order chi connectivity index (χ0) is 19.6. The third kappa shape index (κ3) is 2.70. The summed E-state index contributed by atoms with van der Waals surface area (Å²) in [6.07, 6.45) is 0.353. The summed E-state index contributed by atoms with van der Waals surface area (Å²) in [7, 11) is 0. The van der Waals surface area contributed by atoms with Gasteiger partial charge in [-0.05, 0) is 80.5 Å². The molecule has 0 saturated heterocycles. The predicted molar refractivity (Wildman–Crippen MR) is 99.2 cm³/mol. The quantitative estimate of drug-likeness (QED) is 0.725. The van der Waals surface area contributed by atoms with E-state index in [1.165, 1.54) is 11.8 Å². The smallest absolute Gasteiger partial charge is 0.433 e. The molecule has 2 bridgehead atoms. The first-order chi connectivity index (χ1) is 13.3. The van der Waals surface area contributed by atoms with Crippen LogP contribution in [0, 0.1) is 17.8 Å². The minimum absolute atomic E-state index is 0.0819. The molecule has 2 aliphatic carbocycles. The van der Waals surface area contributed by atoms with E-state index in [0.29, 0.717) is 11.8 Å². The molecule has 0 amide bonds. The Hall–Kier alpha value is -2.18. The Morgan fingerprint density at radius 3 is 2.68 bits per heavy atom. The minimum Gasteiger partial charge on any atom is -0.491 e. The lowest BCUT2D eigenvalue weighted by atomic mass is 9.68. The van der Waals surface area contributed by atoms with Gasteiger partial charge >= 0.3 is 6.18 Å². The molecule has 0 spiro atoms. The van der Waals surface area contributed by atoms with Crippen molar-refractivity contribution in [2.75, 3.05) is 5.32 Å². The third-order valence-corrected chi connectivity index (χ3v) is 6.72. The van der Waals surface area contributed by atoms with Gasteiger partial charge in [0.2, 0.25) is 0 Å². The number of anilines is 1. The van der Waals surface area contributed by atoms with Gasteiger partial charge in [-0.3, -0.25) is 5.10 Å². The zero-order valence-corrected chi connectivity index (χ0v) is 15.9. The number of nitrogens with one attached hydrogen (secondary N) is 2. The molecule has 2 fully saturated rings. The maximum Gasteiger partial charge on any atom is 0.433 e. The fourth-order valence-corrected chi connectivity index (χ4v) is 5.88. The third-order valence-electron chi connectivity index (χ3n) is 6.72. The van der Waals surface area contributed by atoms with Crippen molar-refractivity contribution in [3.63, 3.8) is 0 Å². The van der Waals surface area contributed by atoms with Crippen LogP contribution >= 0.6 is 0 Å². The van der Waals surface area contributed by atoms with Crippen LogP contribution < -0.4 is 10.1 Å². The lowest BCUT2D eigenvalue weighted by Gasteiger charge is -2.43. The maximum absolute atomic E-state index is 13.5. The molecule has 4 nitrogen and oxygen atoms in total. The van der Waals surface area contributed by atoms with Crippen LogP contribution in [0.15, 0.2) is 24.4 Å². The number of nitrogens with zero attached hydrogens (tertiary/aromatic N) is 1. The van der Waals surface area contributed by atoms with Gasteiger partial charge < -0.3 is 10.1 Å². The molecule has 7 heteroatoms.